The number of phosphoric ester groups is 1. The molecule has 0 aromatic rings. The molecule has 0 aromatic heterocycles. The van der Waals surface area contributed by atoms with Gasteiger partial charge in [-0.1, -0.05) is 205 Å². The van der Waals surface area contributed by atoms with Crippen molar-refractivity contribution in [2.75, 3.05) is 26.4 Å². The number of aliphatic hydroxyl groups is 3. The third-order valence-electron chi connectivity index (χ3n) is 10.8. The summed E-state index contributed by atoms with van der Waals surface area (Å²) in [7, 11) is -4.67. The molecule has 4 N–H and O–H groups in total. The lowest BCUT2D eigenvalue weighted by molar-refractivity contribution is -0.161. The van der Waals surface area contributed by atoms with E-state index in [1.54, 1.807) is 12.2 Å². The van der Waals surface area contributed by atoms with Gasteiger partial charge in [0.2, 0.25) is 0 Å². The predicted molar refractivity (Wildman–Crippen MR) is 253 cm³/mol. The van der Waals surface area contributed by atoms with Crippen molar-refractivity contribution >= 4 is 19.8 Å². The normalized spacial score (nSPS) is 14.6. The van der Waals surface area contributed by atoms with E-state index in [-0.39, 0.29) is 19.4 Å². The second-order valence-corrected chi connectivity index (χ2v) is 19.0. The second kappa shape index (κ2) is 44.4. The molecule has 0 saturated heterocycles. The van der Waals surface area contributed by atoms with Crippen molar-refractivity contribution in [3.8, 4) is 0 Å². The Labute approximate surface area is 378 Å². The second-order valence-electron chi connectivity index (χ2n) is 17.5. The Kier molecular flexibility index (Phi) is 43.0. The van der Waals surface area contributed by atoms with E-state index in [2.05, 4.69) is 37.4 Å². The minimum Gasteiger partial charge on any atom is -0.462 e. The summed E-state index contributed by atoms with van der Waals surface area (Å²) in [6, 6.07) is 0. The summed E-state index contributed by atoms with van der Waals surface area (Å²) in [5.74, 6) is -0.276. The summed E-state index contributed by atoms with van der Waals surface area (Å²) in [5.41, 5.74) is 0. The van der Waals surface area contributed by atoms with E-state index in [0.717, 1.165) is 38.0 Å². The van der Waals surface area contributed by atoms with Crippen LogP contribution in [0.25, 0.3) is 0 Å². The van der Waals surface area contributed by atoms with Crippen LogP contribution < -0.4 is 0 Å². The van der Waals surface area contributed by atoms with Gasteiger partial charge in [0.05, 0.1) is 25.9 Å². The van der Waals surface area contributed by atoms with Gasteiger partial charge in [-0.25, -0.2) is 4.57 Å². The number of hydrogen-bond acceptors (Lipinski definition) is 10. The summed E-state index contributed by atoms with van der Waals surface area (Å²) < 4.78 is 32.7. The van der Waals surface area contributed by atoms with E-state index in [1.165, 1.54) is 135 Å². The van der Waals surface area contributed by atoms with Gasteiger partial charge in [-0.15, -0.1) is 0 Å². The molecule has 0 saturated carbocycles. The van der Waals surface area contributed by atoms with Crippen LogP contribution in [0.15, 0.2) is 36.5 Å². The van der Waals surface area contributed by atoms with E-state index in [4.69, 9.17) is 19.1 Å². The van der Waals surface area contributed by atoms with Crippen molar-refractivity contribution in [2.24, 2.45) is 5.92 Å². The lowest BCUT2D eigenvalue weighted by atomic mass is 10.0. The first kappa shape index (κ1) is 60.2. The maximum absolute atomic E-state index is 12.7. The number of allylic oxidation sites excluding steroid dienone is 5. The molecule has 0 spiro atoms. The number of esters is 2. The maximum atomic E-state index is 12.7. The molecule has 364 valence electrons. The van der Waals surface area contributed by atoms with E-state index < -0.39 is 57.9 Å². The van der Waals surface area contributed by atoms with Gasteiger partial charge in [-0.05, 0) is 44.4 Å². The summed E-state index contributed by atoms with van der Waals surface area (Å²) in [6.07, 6.45) is 42.9. The predicted octanol–water partition coefficient (Wildman–Crippen LogP) is 12.7. The monoisotopic (exact) mass is 901 g/mol. The Morgan fingerprint density at radius 2 is 1.10 bits per heavy atom. The molecule has 0 aliphatic rings. The quantitative estimate of drug-likeness (QED) is 0.0151. The number of aliphatic hydroxyl groups excluding tert-OH is 3. The molecular formula is C50H93O11P. The van der Waals surface area contributed by atoms with Crippen LogP contribution in [0.1, 0.15) is 220 Å². The lowest BCUT2D eigenvalue weighted by Gasteiger charge is -2.20. The van der Waals surface area contributed by atoms with Crippen molar-refractivity contribution in [1.29, 1.82) is 0 Å². The zero-order valence-electron chi connectivity index (χ0n) is 39.6. The van der Waals surface area contributed by atoms with Gasteiger partial charge < -0.3 is 29.7 Å². The maximum Gasteiger partial charge on any atom is 0.472 e. The first-order chi connectivity index (χ1) is 30.0. The summed E-state index contributed by atoms with van der Waals surface area (Å²) in [4.78, 5) is 35.1. The highest BCUT2D eigenvalue weighted by Crippen LogP contribution is 2.43. The summed E-state index contributed by atoms with van der Waals surface area (Å²) in [5, 5.41) is 28.7. The van der Waals surface area contributed by atoms with Gasteiger partial charge >= 0.3 is 19.8 Å². The van der Waals surface area contributed by atoms with Crippen molar-refractivity contribution in [1.82, 2.24) is 0 Å². The Morgan fingerprint density at radius 3 is 1.66 bits per heavy atom. The highest BCUT2D eigenvalue weighted by Gasteiger charge is 2.27. The molecule has 2 unspecified atom stereocenters. The lowest BCUT2D eigenvalue weighted by Crippen LogP contribution is -2.30. The van der Waals surface area contributed by atoms with Crippen LogP contribution in [-0.2, 0) is 32.7 Å². The minimum atomic E-state index is -4.67. The highest BCUT2D eigenvalue weighted by atomic mass is 31.2. The molecule has 4 atom stereocenters. The van der Waals surface area contributed by atoms with Crippen LogP contribution in [0.5, 0.6) is 0 Å². The van der Waals surface area contributed by atoms with Crippen molar-refractivity contribution in [3.05, 3.63) is 36.5 Å². The topological polar surface area (TPSA) is 169 Å². The van der Waals surface area contributed by atoms with Crippen LogP contribution >= 0.6 is 7.82 Å². The Hall–Kier alpha value is -1.85. The van der Waals surface area contributed by atoms with Crippen LogP contribution in [0.2, 0.25) is 0 Å². The molecule has 0 radical (unpaired) electrons. The highest BCUT2D eigenvalue weighted by molar-refractivity contribution is 7.47. The number of unbranched alkanes of at least 4 members (excludes halogenated alkanes) is 23. The van der Waals surface area contributed by atoms with Crippen LogP contribution in [0.3, 0.4) is 0 Å². The Morgan fingerprint density at radius 1 is 0.581 bits per heavy atom. The molecule has 62 heavy (non-hydrogen) atoms. The fourth-order valence-corrected chi connectivity index (χ4v) is 7.74. The van der Waals surface area contributed by atoms with E-state index >= 15 is 0 Å². The molecule has 0 aromatic carbocycles. The first-order valence-electron chi connectivity index (χ1n) is 24.9. The third kappa shape index (κ3) is 44.7. The number of carbonyl (C=O) groups excluding carboxylic acids is 2. The molecule has 11 nitrogen and oxygen atoms in total. The van der Waals surface area contributed by atoms with Gasteiger partial charge in [0.15, 0.2) is 6.10 Å². The minimum absolute atomic E-state index is 0.0381. The molecular weight excluding hydrogens is 808 g/mol. The number of carbonyl (C=O) groups is 2. The average Bonchev–Trinajstić information content (AvgIpc) is 3.24. The standard InChI is InChI=1S/C50H93O11P/c1-4-5-6-7-8-9-10-17-21-24-27-30-33-37-46(52)38-35-40-50(55)61-48(44-60-62(56,57)59-42-47(53)41-51)43-58-49(54)39-34-31-28-25-22-19-16-14-12-11-13-15-18-20-23-26-29-32-36-45(2)3/h17,21,27,30,33,37,45-48,51-53H,4-16,18-20,22-26,28-29,31-32,34-36,38-44H2,1-3H3,(H,56,57)/b21-17+,30-27+,37-33+/t46?,47-,48+/m0/s1. The smallest absolute Gasteiger partial charge is 0.462 e. The molecule has 0 heterocycles. The van der Waals surface area contributed by atoms with Crippen LogP contribution in [0, 0.1) is 5.92 Å². The molecule has 0 aliphatic carbocycles. The van der Waals surface area contributed by atoms with Crippen molar-refractivity contribution in [2.45, 2.75) is 238 Å². The fraction of sp³-hybridized carbons (Fsp3) is 0.840. The first-order valence-corrected chi connectivity index (χ1v) is 26.4. The molecule has 0 bridgehead atoms. The van der Waals surface area contributed by atoms with Gasteiger partial charge in [-0.3, -0.25) is 18.6 Å². The fourth-order valence-electron chi connectivity index (χ4n) is 6.95. The number of phosphoric acid groups is 1. The molecule has 0 aliphatic heterocycles. The zero-order chi connectivity index (χ0) is 45.8. The average molecular weight is 901 g/mol. The van der Waals surface area contributed by atoms with E-state index in [0.29, 0.717) is 19.3 Å². The van der Waals surface area contributed by atoms with Crippen LogP contribution in [0.4, 0.5) is 0 Å². The number of ether oxygens (including phenoxy) is 2. The SMILES string of the molecule is CCCCCCCC/C=C/C/C=C/C=C/C(O)CCCC(=O)O[C@H](COC(=O)CCCCCCCCCCCCCCCCCCCCC(C)C)COP(=O)(O)OC[C@@H](O)CO. The van der Waals surface area contributed by atoms with Gasteiger partial charge in [0.1, 0.15) is 12.7 Å². The third-order valence-corrected chi connectivity index (χ3v) is 11.8. The summed E-state index contributed by atoms with van der Waals surface area (Å²) >= 11 is 0. The largest absolute Gasteiger partial charge is 0.472 e. The van der Waals surface area contributed by atoms with Gasteiger partial charge in [0.25, 0.3) is 0 Å². The van der Waals surface area contributed by atoms with Gasteiger partial charge in [0, 0.05) is 12.8 Å². The molecule has 12 heteroatoms. The van der Waals surface area contributed by atoms with Gasteiger partial charge in [-0.2, -0.15) is 0 Å². The molecule has 0 rings (SSSR count). The van der Waals surface area contributed by atoms with E-state index in [9.17, 15) is 29.3 Å². The Bertz CT molecular complexity index is 1160. The number of rotatable bonds is 46. The van der Waals surface area contributed by atoms with Crippen molar-refractivity contribution in [3.63, 3.8) is 0 Å². The zero-order valence-corrected chi connectivity index (χ0v) is 40.5. The number of hydrogen-bond donors (Lipinski definition) is 4. The molecule has 0 amide bonds. The van der Waals surface area contributed by atoms with E-state index in [1.807, 2.05) is 12.2 Å². The summed E-state index contributed by atoms with van der Waals surface area (Å²) in [6.45, 7) is 4.54. The van der Waals surface area contributed by atoms with Crippen molar-refractivity contribution < 1.29 is 52.9 Å². The van der Waals surface area contributed by atoms with Crippen LogP contribution in [-0.4, -0.2) is 76.9 Å². The Balaban J connectivity index is 4.32. The molecule has 0 fully saturated rings.